The molecule has 0 aliphatic heterocycles. The van der Waals surface area contributed by atoms with Gasteiger partial charge < -0.3 is 18.2 Å². The molecule has 0 spiro atoms. The van der Waals surface area contributed by atoms with Gasteiger partial charge in [0.05, 0.1) is 0 Å². The van der Waals surface area contributed by atoms with Crippen LogP contribution in [0.15, 0.2) is 0 Å². The highest BCUT2D eigenvalue weighted by molar-refractivity contribution is 7.79. The average molecular weight is 213 g/mol. The molecule has 7 nitrogen and oxygen atoms in total. The zero-order valence-electron chi connectivity index (χ0n) is 4.08. The van der Waals surface area contributed by atoms with Crippen molar-refractivity contribution in [2.75, 3.05) is 0 Å². The van der Waals surface area contributed by atoms with Crippen LogP contribution in [-0.4, -0.2) is 30.8 Å². The van der Waals surface area contributed by atoms with Crippen molar-refractivity contribution < 1.29 is 30.8 Å². The Morgan fingerprint density at radius 1 is 1.10 bits per heavy atom. The molecule has 0 aromatic rings. The molecule has 0 radical (unpaired) electrons. The van der Waals surface area contributed by atoms with Crippen molar-refractivity contribution >= 4 is 34.2 Å². The van der Waals surface area contributed by atoms with Crippen molar-refractivity contribution in [2.45, 2.75) is 0 Å². The van der Waals surface area contributed by atoms with E-state index < -0.39 is 21.8 Å². The number of hydrogen-bond acceptors (Lipinski definition) is 7. The van der Waals surface area contributed by atoms with Crippen LogP contribution < -0.4 is 0 Å². The van der Waals surface area contributed by atoms with Crippen LogP contribution >= 0.6 is 12.4 Å². The van der Waals surface area contributed by atoms with E-state index in [1.165, 1.54) is 0 Å². The van der Waals surface area contributed by atoms with Gasteiger partial charge in [-0.1, -0.05) is 0 Å². The Morgan fingerprint density at radius 3 is 1.10 bits per heavy atom. The molecule has 0 bridgehead atoms. The molecule has 0 rings (SSSR count). The summed E-state index contributed by atoms with van der Waals surface area (Å²) >= 11 is -3.11. The van der Waals surface area contributed by atoms with E-state index in [4.69, 9.17) is 30.8 Å². The van der Waals surface area contributed by atoms with Gasteiger partial charge in [-0.05, 0) is 0 Å². The fourth-order valence-corrected chi connectivity index (χ4v) is 0. The van der Waals surface area contributed by atoms with Crippen LogP contribution in [0.25, 0.3) is 0 Å². The van der Waals surface area contributed by atoms with E-state index >= 15 is 0 Å². The number of hydrogen-bond donors (Lipinski definition) is 0. The molecule has 0 unspecified atom stereocenters. The van der Waals surface area contributed by atoms with E-state index in [1.54, 1.807) is 0 Å². The second kappa shape index (κ2) is 7.34. The Kier molecular flexibility index (Phi) is 12.2. The minimum atomic E-state index is -5.17. The molecular weight excluding hydrogens is 212 g/mol. The highest BCUT2D eigenvalue weighted by Crippen LogP contribution is 1.57. The lowest BCUT2D eigenvalue weighted by molar-refractivity contribution is 0.352. The smallest absolute Gasteiger partial charge is 0.0311 e. The third-order valence-electron chi connectivity index (χ3n) is 0. The summed E-state index contributed by atoms with van der Waals surface area (Å²) < 4.78 is 59.4. The zero-order valence-corrected chi connectivity index (χ0v) is 6.53. The SMILES string of the molecule is Cl.O=S(=O)([O-])[O-].O=S([O-])[O-]. The lowest BCUT2D eigenvalue weighted by Crippen LogP contribution is -1.91. The first-order valence-electron chi connectivity index (χ1n) is 1.17. The van der Waals surface area contributed by atoms with Crippen molar-refractivity contribution in [1.29, 1.82) is 0 Å². The quantitative estimate of drug-likeness (QED) is 0.258. The summed E-state index contributed by atoms with van der Waals surface area (Å²) in [7, 11) is -5.17. The van der Waals surface area contributed by atoms with E-state index in [0.29, 0.717) is 0 Å². The van der Waals surface area contributed by atoms with Crippen molar-refractivity contribution in [3.63, 3.8) is 0 Å². The molecular formula is HClO7S2-4. The largest absolute Gasteiger partial charge is 0.784 e. The van der Waals surface area contributed by atoms with Gasteiger partial charge in [0.25, 0.3) is 0 Å². The van der Waals surface area contributed by atoms with Crippen molar-refractivity contribution in [2.24, 2.45) is 0 Å². The summed E-state index contributed by atoms with van der Waals surface area (Å²) in [4.78, 5) is 0. The van der Waals surface area contributed by atoms with E-state index in [-0.39, 0.29) is 12.4 Å². The monoisotopic (exact) mass is 212 g/mol. The summed E-state index contributed by atoms with van der Waals surface area (Å²) in [5.74, 6) is 0. The second-order valence-electron chi connectivity index (χ2n) is 0.612. The Balaban J connectivity index is -0.0000000910. The molecule has 0 heterocycles. The third-order valence-corrected chi connectivity index (χ3v) is 0. The summed E-state index contributed by atoms with van der Waals surface area (Å²) in [6.07, 6.45) is 0. The molecule has 10 heteroatoms. The minimum Gasteiger partial charge on any atom is -0.784 e. The standard InChI is InChI=1S/ClH.H2O4S.H2O3S/c;1-5(2,3)4;1-4(2)3/h1H;(H2,1,2,3,4);(H2,1,2,3)/p-4. The fraction of sp³-hybridized carbons (Fsp3) is 0. The molecule has 0 aliphatic rings. The summed E-state index contributed by atoms with van der Waals surface area (Å²) in [6.45, 7) is 0. The van der Waals surface area contributed by atoms with Gasteiger partial charge in [0.15, 0.2) is 0 Å². The van der Waals surface area contributed by atoms with Gasteiger partial charge in [-0.15, -0.1) is 23.8 Å². The molecule has 10 heavy (non-hydrogen) atoms. The number of halogens is 1. The van der Waals surface area contributed by atoms with Gasteiger partial charge in [0.2, 0.25) is 0 Å². The molecule has 0 amide bonds. The van der Waals surface area contributed by atoms with Gasteiger partial charge in [-0.25, -0.2) is 0 Å². The Labute approximate surface area is 65.5 Å². The Hall–Kier alpha value is 0.230. The Bertz CT molecular complexity index is 154. The summed E-state index contributed by atoms with van der Waals surface area (Å²) in [5.41, 5.74) is 0. The maximum atomic E-state index is 8.52. The lowest BCUT2D eigenvalue weighted by atomic mass is 15.8. The third kappa shape index (κ3) is 8130. The minimum absolute atomic E-state index is 0. The van der Waals surface area contributed by atoms with Crippen LogP contribution in [-0.2, 0) is 21.8 Å². The van der Waals surface area contributed by atoms with Crippen LogP contribution in [0.3, 0.4) is 0 Å². The first-order valence-corrected chi connectivity index (χ1v) is 3.50. The highest BCUT2D eigenvalue weighted by Gasteiger charge is 1.49. The molecule has 66 valence electrons. The number of rotatable bonds is 0. The van der Waals surface area contributed by atoms with E-state index in [9.17, 15) is 0 Å². The van der Waals surface area contributed by atoms with Crippen molar-refractivity contribution in [3.8, 4) is 0 Å². The van der Waals surface area contributed by atoms with Crippen LogP contribution in [0.4, 0.5) is 0 Å². The van der Waals surface area contributed by atoms with Gasteiger partial charge in [0, 0.05) is 10.4 Å². The fourth-order valence-electron chi connectivity index (χ4n) is 0. The van der Waals surface area contributed by atoms with Crippen molar-refractivity contribution in [1.82, 2.24) is 0 Å². The first-order chi connectivity index (χ1) is 3.73. The highest BCUT2D eigenvalue weighted by atomic mass is 35.5. The summed E-state index contributed by atoms with van der Waals surface area (Å²) in [5, 5.41) is 0. The topological polar surface area (TPSA) is 143 Å². The molecule has 0 fully saturated rings. The molecule has 0 saturated heterocycles. The zero-order chi connectivity index (χ0) is 8.08. The molecule has 0 aliphatic carbocycles. The predicted octanol–water partition coefficient (Wildman–Crippen LogP) is -1.92. The van der Waals surface area contributed by atoms with Crippen LogP contribution in [0, 0.1) is 0 Å². The van der Waals surface area contributed by atoms with Crippen LogP contribution in [0.1, 0.15) is 0 Å². The molecule has 0 N–H and O–H groups in total. The van der Waals surface area contributed by atoms with Crippen molar-refractivity contribution in [3.05, 3.63) is 0 Å². The van der Waals surface area contributed by atoms with E-state index in [1.807, 2.05) is 0 Å². The van der Waals surface area contributed by atoms with Gasteiger partial charge >= 0.3 is 0 Å². The normalized spacial score (nSPS) is 9.30. The Morgan fingerprint density at radius 2 is 1.10 bits per heavy atom. The first kappa shape index (κ1) is 16.7. The maximum Gasteiger partial charge on any atom is 0.0311 e. The molecule has 0 aromatic carbocycles. The van der Waals surface area contributed by atoms with Gasteiger partial charge in [-0.2, -0.15) is 0 Å². The molecule has 0 saturated carbocycles. The van der Waals surface area contributed by atoms with Gasteiger partial charge in [0.1, 0.15) is 0 Å². The average Bonchev–Trinajstić information content (AvgIpc) is 1.19. The maximum absolute atomic E-state index is 8.52. The van der Waals surface area contributed by atoms with Crippen LogP contribution in [0.2, 0.25) is 0 Å². The van der Waals surface area contributed by atoms with E-state index in [0.717, 1.165) is 0 Å². The second-order valence-corrected chi connectivity index (χ2v) is 1.84. The predicted molar refractivity (Wildman–Crippen MR) is 27.4 cm³/mol. The summed E-state index contributed by atoms with van der Waals surface area (Å²) in [6, 6.07) is 0. The molecule has 0 aromatic heterocycles. The van der Waals surface area contributed by atoms with Crippen LogP contribution in [0.5, 0.6) is 0 Å². The lowest BCUT2D eigenvalue weighted by Gasteiger charge is -2.06. The molecule has 0 atom stereocenters. The van der Waals surface area contributed by atoms with Gasteiger partial charge in [-0.3, -0.25) is 12.6 Å². The van der Waals surface area contributed by atoms with E-state index in [2.05, 4.69) is 0 Å².